The van der Waals surface area contributed by atoms with E-state index in [1.807, 2.05) is 7.05 Å². The number of benzene rings is 1. The molecular formula is C13H23N. The molecule has 0 fully saturated rings. The van der Waals surface area contributed by atoms with Crippen LogP contribution in [0, 0.1) is 13.8 Å². The lowest BCUT2D eigenvalue weighted by atomic mass is 10.2. The van der Waals surface area contributed by atoms with Gasteiger partial charge in [-0.3, -0.25) is 0 Å². The SMILES string of the molecule is CCCCNC.Cc1cccc(C)c1. The molecule has 0 amide bonds. The van der Waals surface area contributed by atoms with Crippen molar-refractivity contribution in [3.63, 3.8) is 0 Å². The molecule has 1 aromatic rings. The van der Waals surface area contributed by atoms with Crippen LogP contribution in [0.2, 0.25) is 0 Å². The lowest BCUT2D eigenvalue weighted by Gasteiger charge is -1.90. The zero-order valence-electron chi connectivity index (χ0n) is 9.93. The Labute approximate surface area is 88.5 Å². The standard InChI is InChI=1S/C8H10.C5H13N/c1-7-4-3-5-8(2)6-7;1-3-4-5-6-2/h3-6H,1-2H3;6H,3-5H2,1-2H3. The van der Waals surface area contributed by atoms with Crippen molar-refractivity contribution < 1.29 is 0 Å². The number of unbranched alkanes of at least 4 members (excludes halogenated alkanes) is 1. The Morgan fingerprint density at radius 2 is 1.71 bits per heavy atom. The van der Waals surface area contributed by atoms with E-state index in [0.29, 0.717) is 0 Å². The van der Waals surface area contributed by atoms with Gasteiger partial charge in [-0.15, -0.1) is 0 Å². The molecule has 14 heavy (non-hydrogen) atoms. The van der Waals surface area contributed by atoms with E-state index in [9.17, 15) is 0 Å². The topological polar surface area (TPSA) is 12.0 Å². The molecule has 0 spiro atoms. The lowest BCUT2D eigenvalue weighted by Crippen LogP contribution is -2.06. The molecule has 0 heterocycles. The first kappa shape index (κ1) is 13.2. The highest BCUT2D eigenvalue weighted by atomic mass is 14.8. The van der Waals surface area contributed by atoms with E-state index in [0.717, 1.165) is 6.54 Å². The molecule has 1 aromatic carbocycles. The third kappa shape index (κ3) is 7.81. The van der Waals surface area contributed by atoms with Crippen LogP contribution in [-0.4, -0.2) is 13.6 Å². The van der Waals surface area contributed by atoms with E-state index in [4.69, 9.17) is 0 Å². The third-order valence-corrected chi connectivity index (χ3v) is 1.95. The van der Waals surface area contributed by atoms with Gasteiger partial charge in [-0.25, -0.2) is 0 Å². The number of rotatable bonds is 3. The summed E-state index contributed by atoms with van der Waals surface area (Å²) in [4.78, 5) is 0. The van der Waals surface area contributed by atoms with Gasteiger partial charge in [0.2, 0.25) is 0 Å². The Hall–Kier alpha value is -0.820. The first-order chi connectivity index (χ1) is 6.70. The fourth-order valence-electron chi connectivity index (χ4n) is 1.16. The molecule has 1 heteroatoms. The van der Waals surface area contributed by atoms with Crippen LogP contribution in [0.4, 0.5) is 0 Å². The zero-order chi connectivity index (χ0) is 10.8. The first-order valence-corrected chi connectivity index (χ1v) is 5.38. The van der Waals surface area contributed by atoms with E-state index in [1.165, 1.54) is 24.0 Å². The fourth-order valence-corrected chi connectivity index (χ4v) is 1.16. The van der Waals surface area contributed by atoms with Gasteiger partial charge in [0.05, 0.1) is 0 Å². The lowest BCUT2D eigenvalue weighted by molar-refractivity contribution is 0.711. The molecule has 1 N–H and O–H groups in total. The van der Waals surface area contributed by atoms with Crippen molar-refractivity contribution in [3.8, 4) is 0 Å². The highest BCUT2D eigenvalue weighted by molar-refractivity contribution is 5.20. The summed E-state index contributed by atoms with van der Waals surface area (Å²) in [6.07, 6.45) is 2.59. The Kier molecular flexibility index (Phi) is 8.25. The van der Waals surface area contributed by atoms with E-state index in [-0.39, 0.29) is 0 Å². The monoisotopic (exact) mass is 193 g/mol. The van der Waals surface area contributed by atoms with E-state index in [1.54, 1.807) is 0 Å². The van der Waals surface area contributed by atoms with Gasteiger partial charge in [0.1, 0.15) is 0 Å². The van der Waals surface area contributed by atoms with Gasteiger partial charge in [0.25, 0.3) is 0 Å². The minimum Gasteiger partial charge on any atom is -0.320 e. The summed E-state index contributed by atoms with van der Waals surface area (Å²) in [5, 5.41) is 3.07. The summed E-state index contributed by atoms with van der Waals surface area (Å²) in [5.74, 6) is 0. The van der Waals surface area contributed by atoms with Crippen LogP contribution in [0.15, 0.2) is 24.3 Å². The molecule has 0 aliphatic carbocycles. The van der Waals surface area contributed by atoms with Crippen LogP contribution >= 0.6 is 0 Å². The third-order valence-electron chi connectivity index (χ3n) is 1.95. The molecule has 1 nitrogen and oxygen atoms in total. The van der Waals surface area contributed by atoms with E-state index in [2.05, 4.69) is 50.4 Å². The Morgan fingerprint density at radius 3 is 1.93 bits per heavy atom. The second-order valence-electron chi connectivity index (χ2n) is 3.62. The molecule has 0 aromatic heterocycles. The van der Waals surface area contributed by atoms with Crippen molar-refractivity contribution in [2.24, 2.45) is 0 Å². The maximum atomic E-state index is 3.07. The molecule has 1 rings (SSSR count). The number of aryl methyl sites for hydroxylation is 2. The summed E-state index contributed by atoms with van der Waals surface area (Å²) in [6, 6.07) is 8.45. The number of hydrogen-bond acceptors (Lipinski definition) is 1. The van der Waals surface area contributed by atoms with Gasteiger partial charge >= 0.3 is 0 Å². The number of nitrogens with one attached hydrogen (secondary N) is 1. The van der Waals surface area contributed by atoms with E-state index >= 15 is 0 Å². The molecule has 80 valence electrons. The summed E-state index contributed by atoms with van der Waals surface area (Å²) in [6.45, 7) is 7.56. The predicted molar refractivity (Wildman–Crippen MR) is 64.8 cm³/mol. The summed E-state index contributed by atoms with van der Waals surface area (Å²) in [5.41, 5.74) is 2.68. The van der Waals surface area contributed by atoms with Gasteiger partial charge < -0.3 is 5.32 Å². The largest absolute Gasteiger partial charge is 0.320 e. The Morgan fingerprint density at radius 1 is 1.14 bits per heavy atom. The molecule has 0 bridgehead atoms. The van der Waals surface area contributed by atoms with Gasteiger partial charge in [-0.05, 0) is 33.9 Å². The van der Waals surface area contributed by atoms with Crippen LogP contribution in [0.1, 0.15) is 30.9 Å². The second-order valence-corrected chi connectivity index (χ2v) is 3.62. The second kappa shape index (κ2) is 8.76. The molecule has 0 atom stereocenters. The van der Waals surface area contributed by atoms with Crippen LogP contribution in [0.5, 0.6) is 0 Å². The summed E-state index contributed by atoms with van der Waals surface area (Å²) >= 11 is 0. The van der Waals surface area contributed by atoms with Gasteiger partial charge in [0, 0.05) is 0 Å². The van der Waals surface area contributed by atoms with Crippen molar-refractivity contribution >= 4 is 0 Å². The number of hydrogen-bond donors (Lipinski definition) is 1. The van der Waals surface area contributed by atoms with Crippen molar-refractivity contribution in [2.45, 2.75) is 33.6 Å². The van der Waals surface area contributed by atoms with Crippen LogP contribution in [0.25, 0.3) is 0 Å². The first-order valence-electron chi connectivity index (χ1n) is 5.38. The van der Waals surface area contributed by atoms with E-state index < -0.39 is 0 Å². The molecule has 0 radical (unpaired) electrons. The minimum atomic E-state index is 1.16. The summed E-state index contributed by atoms with van der Waals surface area (Å²) < 4.78 is 0. The van der Waals surface area contributed by atoms with Crippen molar-refractivity contribution in [3.05, 3.63) is 35.4 Å². The summed E-state index contributed by atoms with van der Waals surface area (Å²) in [7, 11) is 1.98. The molecular weight excluding hydrogens is 170 g/mol. The maximum Gasteiger partial charge on any atom is -0.00520 e. The van der Waals surface area contributed by atoms with Crippen LogP contribution in [-0.2, 0) is 0 Å². The van der Waals surface area contributed by atoms with Gasteiger partial charge in [-0.2, -0.15) is 0 Å². The minimum absolute atomic E-state index is 1.16. The molecule has 0 saturated heterocycles. The van der Waals surface area contributed by atoms with Crippen LogP contribution < -0.4 is 5.32 Å². The molecule has 0 unspecified atom stereocenters. The smallest absolute Gasteiger partial charge is 0.00520 e. The predicted octanol–water partition coefficient (Wildman–Crippen LogP) is 3.31. The average Bonchev–Trinajstić information content (AvgIpc) is 2.15. The quantitative estimate of drug-likeness (QED) is 0.726. The van der Waals surface area contributed by atoms with Gasteiger partial charge in [-0.1, -0.05) is 48.7 Å². The Balaban J connectivity index is 0.000000255. The highest BCUT2D eigenvalue weighted by Gasteiger charge is 1.80. The fraction of sp³-hybridized carbons (Fsp3) is 0.538. The van der Waals surface area contributed by atoms with Crippen molar-refractivity contribution in [1.82, 2.24) is 5.32 Å². The maximum absolute atomic E-state index is 3.07. The Bertz CT molecular complexity index is 209. The van der Waals surface area contributed by atoms with Crippen molar-refractivity contribution in [2.75, 3.05) is 13.6 Å². The van der Waals surface area contributed by atoms with Gasteiger partial charge in [0.15, 0.2) is 0 Å². The normalized spacial score (nSPS) is 9.14. The molecule has 0 aliphatic heterocycles. The zero-order valence-corrected chi connectivity index (χ0v) is 9.93. The average molecular weight is 193 g/mol. The highest BCUT2D eigenvalue weighted by Crippen LogP contribution is 2.00. The molecule has 0 aliphatic rings. The van der Waals surface area contributed by atoms with Crippen molar-refractivity contribution in [1.29, 1.82) is 0 Å². The van der Waals surface area contributed by atoms with Crippen LogP contribution in [0.3, 0.4) is 0 Å². The molecule has 0 saturated carbocycles.